The van der Waals surface area contributed by atoms with Crippen molar-refractivity contribution in [1.82, 2.24) is 9.29 Å². The van der Waals surface area contributed by atoms with Crippen LogP contribution in [-0.2, 0) is 21.2 Å². The van der Waals surface area contributed by atoms with E-state index < -0.39 is 15.6 Å². The minimum atomic E-state index is -3.70. The van der Waals surface area contributed by atoms with E-state index in [1.165, 1.54) is 7.05 Å². The van der Waals surface area contributed by atoms with Crippen molar-refractivity contribution in [2.24, 2.45) is 0 Å². The third-order valence-corrected chi connectivity index (χ3v) is 7.04. The second-order valence-corrected chi connectivity index (χ2v) is 9.52. The number of fused-ring (bicyclic) bond motifs is 1. The third kappa shape index (κ3) is 5.40. The molecule has 0 aliphatic carbocycles. The fraction of sp³-hybridized carbons (Fsp3) is 0.348. The van der Waals surface area contributed by atoms with Gasteiger partial charge in [-0.3, -0.25) is 4.79 Å². The summed E-state index contributed by atoms with van der Waals surface area (Å²) in [5.41, 5.74) is 1.81. The first-order valence-corrected chi connectivity index (χ1v) is 12.0. The van der Waals surface area contributed by atoms with Gasteiger partial charge in [0, 0.05) is 25.7 Å². The van der Waals surface area contributed by atoms with Gasteiger partial charge in [0.25, 0.3) is 0 Å². The predicted octanol–water partition coefficient (Wildman–Crippen LogP) is 3.11. The van der Waals surface area contributed by atoms with E-state index in [-0.39, 0.29) is 35.2 Å². The summed E-state index contributed by atoms with van der Waals surface area (Å²) in [6, 6.07) is 9.80. The summed E-state index contributed by atoms with van der Waals surface area (Å²) in [7, 11) is -2.27. The first-order chi connectivity index (χ1) is 15.7. The lowest BCUT2D eigenvalue weighted by Crippen LogP contribution is -2.30. The molecule has 3 rings (SSSR count). The second-order valence-electron chi connectivity index (χ2n) is 7.48. The number of aryl methyl sites for hydroxylation is 2. The Morgan fingerprint density at radius 2 is 1.85 bits per heavy atom. The molecule has 0 spiro atoms. The van der Waals surface area contributed by atoms with Crippen LogP contribution >= 0.6 is 0 Å². The molecule has 10 heteroatoms. The smallest absolute Gasteiger partial charge is 0.397 e. The van der Waals surface area contributed by atoms with Crippen molar-refractivity contribution in [3.05, 3.63) is 57.9 Å². The highest BCUT2D eigenvalue weighted by Crippen LogP contribution is 2.25. The van der Waals surface area contributed by atoms with Crippen LogP contribution in [0.1, 0.15) is 31.4 Å². The second kappa shape index (κ2) is 10.1. The number of anilines is 1. The molecule has 176 valence electrons. The number of carbonyl (C=O) groups excluding carboxylic acids is 1. The van der Waals surface area contributed by atoms with Crippen molar-refractivity contribution in [3.8, 4) is 6.08 Å². The highest BCUT2D eigenvalue weighted by Gasteiger charge is 2.22. The number of aromatic nitrogens is 1. The molecule has 0 fully saturated rings. The lowest BCUT2D eigenvalue weighted by Gasteiger charge is -2.17. The number of benzene rings is 2. The van der Waals surface area contributed by atoms with Gasteiger partial charge in [-0.1, -0.05) is 24.6 Å². The molecule has 2 aromatic carbocycles. The van der Waals surface area contributed by atoms with Crippen LogP contribution in [0.2, 0.25) is 0 Å². The van der Waals surface area contributed by atoms with Crippen molar-refractivity contribution in [2.75, 3.05) is 25.5 Å². The van der Waals surface area contributed by atoms with E-state index in [4.69, 9.17) is 9.15 Å². The molecule has 3 aromatic rings. The lowest BCUT2D eigenvalue weighted by atomic mass is 10.0. The Hall–Kier alpha value is -3.24. The van der Waals surface area contributed by atoms with Crippen molar-refractivity contribution in [2.45, 2.75) is 38.5 Å². The molecule has 1 N–H and O–H groups in total. The summed E-state index contributed by atoms with van der Waals surface area (Å²) < 4.78 is 36.9. The average molecular weight is 474 g/mol. The Labute approximate surface area is 192 Å². The Kier molecular flexibility index (Phi) is 7.50. The van der Waals surface area contributed by atoms with Crippen LogP contribution in [-0.4, -0.2) is 43.8 Å². The molecule has 1 aromatic heterocycles. The van der Waals surface area contributed by atoms with Gasteiger partial charge in [-0.2, -0.15) is 4.98 Å². The van der Waals surface area contributed by atoms with Crippen LogP contribution in [0.3, 0.4) is 0 Å². The van der Waals surface area contributed by atoms with E-state index in [0.717, 1.165) is 9.87 Å². The predicted molar refractivity (Wildman–Crippen MR) is 125 cm³/mol. The molecule has 9 nitrogen and oxygen atoms in total. The zero-order chi connectivity index (χ0) is 24.2. The lowest BCUT2D eigenvalue weighted by molar-refractivity contribution is -0.116. The fourth-order valence-corrected chi connectivity index (χ4v) is 4.53. The molecule has 0 bridgehead atoms. The van der Waals surface area contributed by atoms with Gasteiger partial charge in [-0.25, -0.2) is 17.5 Å². The maximum atomic E-state index is 12.7. The summed E-state index contributed by atoms with van der Waals surface area (Å²) in [6.45, 7) is 5.79. The van der Waals surface area contributed by atoms with Gasteiger partial charge in [0.1, 0.15) is 0 Å². The highest BCUT2D eigenvalue weighted by molar-refractivity contribution is 7.89. The van der Waals surface area contributed by atoms with Crippen LogP contribution in [0.5, 0.6) is 6.08 Å². The first-order valence-electron chi connectivity index (χ1n) is 10.6. The van der Waals surface area contributed by atoms with Crippen LogP contribution in [0.15, 0.2) is 50.5 Å². The topological polar surface area (TPSA) is 119 Å². The maximum absolute atomic E-state index is 12.7. The number of amides is 1. The number of hydrogen-bond donors (Lipinski definition) is 1. The van der Waals surface area contributed by atoms with Crippen LogP contribution in [0, 0.1) is 6.92 Å². The fourth-order valence-electron chi connectivity index (χ4n) is 3.36. The van der Waals surface area contributed by atoms with E-state index in [1.54, 1.807) is 43.3 Å². The number of ether oxygens (including phenoxy) is 1. The van der Waals surface area contributed by atoms with Crippen molar-refractivity contribution in [3.63, 3.8) is 0 Å². The number of nitrogens with one attached hydrogen (secondary N) is 1. The molecule has 0 aliphatic heterocycles. The molecular formula is C23H27N3O6S. The third-order valence-electron chi connectivity index (χ3n) is 5.17. The molecule has 0 saturated carbocycles. The quantitative estimate of drug-likeness (QED) is 0.507. The van der Waals surface area contributed by atoms with E-state index in [0.29, 0.717) is 29.8 Å². The minimum Gasteiger partial charge on any atom is -0.450 e. The molecule has 33 heavy (non-hydrogen) atoms. The standard InChI is InChI=1S/C23H27N3O6S/c1-5-17-18(11-12-19-21(17)22(28)32-23(25-19)31-6-2)24-20(27)13-14-26(4)33(29,30)16-9-7-15(3)8-10-16/h7-12H,5-6,13-14H2,1-4H3,(H,24,27). The first kappa shape index (κ1) is 24.4. The number of carbonyl (C=O) groups is 1. The van der Waals surface area contributed by atoms with Crippen LogP contribution in [0.4, 0.5) is 5.69 Å². The van der Waals surface area contributed by atoms with E-state index in [1.807, 2.05) is 13.8 Å². The van der Waals surface area contributed by atoms with Gasteiger partial charge >= 0.3 is 11.7 Å². The Bertz CT molecular complexity index is 1320. The van der Waals surface area contributed by atoms with Crippen molar-refractivity contribution >= 4 is 32.5 Å². The maximum Gasteiger partial charge on any atom is 0.397 e. The molecule has 0 atom stereocenters. The summed E-state index contributed by atoms with van der Waals surface area (Å²) in [5, 5.41) is 3.05. The molecule has 0 unspecified atom stereocenters. The van der Waals surface area contributed by atoms with Gasteiger partial charge in [0.2, 0.25) is 15.9 Å². The summed E-state index contributed by atoms with van der Waals surface area (Å²) in [5.74, 6) is -0.377. The van der Waals surface area contributed by atoms with Crippen molar-refractivity contribution < 1.29 is 22.4 Å². The van der Waals surface area contributed by atoms with E-state index >= 15 is 0 Å². The van der Waals surface area contributed by atoms with Gasteiger partial charge < -0.3 is 14.5 Å². The summed E-state index contributed by atoms with van der Waals surface area (Å²) >= 11 is 0. The number of sulfonamides is 1. The number of rotatable bonds is 9. The minimum absolute atomic E-state index is 0.00149. The Balaban J connectivity index is 1.75. The molecule has 0 radical (unpaired) electrons. The Morgan fingerprint density at radius 3 is 2.48 bits per heavy atom. The number of nitrogens with zero attached hydrogens (tertiary/aromatic N) is 2. The molecule has 1 heterocycles. The molecule has 1 amide bonds. The zero-order valence-corrected chi connectivity index (χ0v) is 19.9. The highest BCUT2D eigenvalue weighted by atomic mass is 32.2. The van der Waals surface area contributed by atoms with Gasteiger partial charge in [-0.15, -0.1) is 0 Å². The monoisotopic (exact) mass is 473 g/mol. The average Bonchev–Trinajstić information content (AvgIpc) is 2.78. The molecule has 0 aliphatic rings. The summed E-state index contributed by atoms with van der Waals surface area (Å²) in [6.07, 6.45) is 0.292. The van der Waals surface area contributed by atoms with Crippen LogP contribution in [0.25, 0.3) is 10.9 Å². The molecular weight excluding hydrogens is 446 g/mol. The van der Waals surface area contributed by atoms with Crippen LogP contribution < -0.4 is 15.7 Å². The van der Waals surface area contributed by atoms with Gasteiger partial charge in [0.05, 0.1) is 22.4 Å². The number of hydrogen-bond acceptors (Lipinski definition) is 7. The SMILES string of the molecule is CCOc1nc2ccc(NC(=O)CCN(C)S(=O)(=O)c3ccc(C)cc3)c(CC)c2c(=O)o1. The van der Waals surface area contributed by atoms with E-state index in [9.17, 15) is 18.0 Å². The van der Waals surface area contributed by atoms with Gasteiger partial charge in [0.15, 0.2) is 0 Å². The van der Waals surface area contributed by atoms with Crippen molar-refractivity contribution in [1.29, 1.82) is 0 Å². The largest absolute Gasteiger partial charge is 0.450 e. The Morgan fingerprint density at radius 1 is 1.15 bits per heavy atom. The normalized spacial score (nSPS) is 11.7. The molecule has 0 saturated heterocycles. The zero-order valence-electron chi connectivity index (χ0n) is 19.0. The summed E-state index contributed by atoms with van der Waals surface area (Å²) in [4.78, 5) is 29.5. The van der Waals surface area contributed by atoms with E-state index in [2.05, 4.69) is 10.3 Å². The van der Waals surface area contributed by atoms with Gasteiger partial charge in [-0.05, 0) is 50.1 Å².